The zero-order chi connectivity index (χ0) is 44.0. The smallest absolute Gasteiger partial charge is 0.267 e. The van der Waals surface area contributed by atoms with Gasteiger partial charge in [-0.2, -0.15) is 10.2 Å². The fraction of sp³-hybridized carbons (Fsp3) is 0.0638. The highest BCUT2D eigenvalue weighted by atomic mass is 32.2. The zero-order valence-corrected chi connectivity index (χ0v) is 35.4. The number of aromatic nitrogens is 4. The van der Waals surface area contributed by atoms with Gasteiger partial charge in [-0.25, -0.2) is 40.1 Å². The van der Waals surface area contributed by atoms with Crippen molar-refractivity contribution in [3.05, 3.63) is 208 Å². The molecule has 2 aromatic heterocycles. The molecule has 6 aromatic carbocycles. The molecule has 0 spiro atoms. The lowest BCUT2D eigenvalue weighted by Gasteiger charge is -2.15. The molecule has 0 aliphatic rings. The van der Waals surface area contributed by atoms with E-state index in [1.807, 2.05) is 60.7 Å². The van der Waals surface area contributed by atoms with Crippen molar-refractivity contribution in [3.63, 3.8) is 0 Å². The van der Waals surface area contributed by atoms with Gasteiger partial charge in [0.05, 0.1) is 40.8 Å². The summed E-state index contributed by atoms with van der Waals surface area (Å²) in [5.74, 6) is -0.749. The van der Waals surface area contributed by atoms with Crippen molar-refractivity contribution in [3.8, 4) is 44.5 Å². The monoisotopic (exact) mass is 885 g/mol. The van der Waals surface area contributed by atoms with Gasteiger partial charge in [0.15, 0.2) is 9.84 Å². The van der Waals surface area contributed by atoms with Crippen molar-refractivity contribution in [1.29, 1.82) is 0 Å². The van der Waals surface area contributed by atoms with E-state index in [0.29, 0.717) is 33.4 Å². The van der Waals surface area contributed by atoms with Crippen LogP contribution in [0.4, 0.5) is 8.78 Å². The van der Waals surface area contributed by atoms with Crippen molar-refractivity contribution in [1.82, 2.24) is 19.6 Å². The molecule has 8 aromatic rings. The molecule has 0 saturated heterocycles. The number of rotatable bonds is 10. The van der Waals surface area contributed by atoms with Crippen molar-refractivity contribution >= 4 is 32.1 Å². The minimum absolute atomic E-state index is 0.0371. The van der Waals surface area contributed by atoms with Gasteiger partial charge >= 0.3 is 0 Å². The Morgan fingerprint density at radius 3 is 1.37 bits per heavy atom. The second kappa shape index (κ2) is 18.5. The molecule has 0 aliphatic heterocycles. The summed E-state index contributed by atoms with van der Waals surface area (Å²) in [6, 6.07) is 43.5. The number of benzene rings is 6. The fourth-order valence-electron chi connectivity index (χ4n) is 6.65. The van der Waals surface area contributed by atoms with Gasteiger partial charge in [-0.05, 0) is 81.9 Å². The zero-order valence-electron chi connectivity index (χ0n) is 33.0. The van der Waals surface area contributed by atoms with E-state index in [1.54, 1.807) is 65.6 Å². The molecular formula is C47H37F2N5O5S3. The molecular weight excluding hydrogens is 849 g/mol. The maximum Gasteiger partial charge on any atom is 0.275 e. The first kappa shape index (κ1) is 43.3. The average Bonchev–Trinajstić information content (AvgIpc) is 3.26. The number of halogens is 2. The van der Waals surface area contributed by atoms with Crippen molar-refractivity contribution in [2.24, 2.45) is 5.14 Å². The van der Waals surface area contributed by atoms with E-state index in [4.69, 9.17) is 17.4 Å². The molecule has 62 heavy (non-hydrogen) atoms. The largest absolute Gasteiger partial charge is 0.275 e. The maximum atomic E-state index is 13.5. The van der Waals surface area contributed by atoms with Gasteiger partial charge in [0.25, 0.3) is 5.56 Å². The molecule has 0 fully saturated rings. The van der Waals surface area contributed by atoms with Crippen LogP contribution >= 0.6 is 12.2 Å². The summed E-state index contributed by atoms with van der Waals surface area (Å²) in [6.45, 7) is 0.777. The molecule has 10 nitrogen and oxygen atoms in total. The van der Waals surface area contributed by atoms with E-state index in [-0.39, 0.29) is 27.7 Å². The van der Waals surface area contributed by atoms with E-state index in [0.717, 1.165) is 33.4 Å². The van der Waals surface area contributed by atoms with Crippen molar-refractivity contribution in [2.45, 2.75) is 22.9 Å². The number of primary sulfonamides is 1. The van der Waals surface area contributed by atoms with Gasteiger partial charge in [-0.1, -0.05) is 121 Å². The summed E-state index contributed by atoms with van der Waals surface area (Å²) in [4.78, 5) is 13.6. The highest BCUT2D eigenvalue weighted by Gasteiger charge is 2.18. The highest BCUT2D eigenvalue weighted by molar-refractivity contribution is 7.90. The molecule has 0 aliphatic carbocycles. The number of sulfone groups is 1. The number of nitrogens with zero attached hydrogens (tertiary/aromatic N) is 4. The molecule has 0 bridgehead atoms. The van der Waals surface area contributed by atoms with Crippen LogP contribution in [-0.2, 0) is 33.0 Å². The molecule has 0 unspecified atom stereocenters. The predicted molar refractivity (Wildman–Crippen MR) is 239 cm³/mol. The van der Waals surface area contributed by atoms with Crippen LogP contribution in [0.15, 0.2) is 185 Å². The lowest BCUT2D eigenvalue weighted by molar-refractivity contribution is 0.597. The van der Waals surface area contributed by atoms with Gasteiger partial charge in [0.2, 0.25) is 10.0 Å². The van der Waals surface area contributed by atoms with Crippen LogP contribution in [0.25, 0.3) is 44.5 Å². The van der Waals surface area contributed by atoms with Gasteiger partial charge < -0.3 is 0 Å². The maximum absolute atomic E-state index is 13.5. The lowest BCUT2D eigenvalue weighted by Crippen LogP contribution is -2.25. The molecule has 0 atom stereocenters. The minimum atomic E-state index is -3.84. The summed E-state index contributed by atoms with van der Waals surface area (Å²) < 4.78 is 77.3. The lowest BCUT2D eigenvalue weighted by atomic mass is 9.97. The first-order valence-corrected chi connectivity index (χ1v) is 22.7. The minimum Gasteiger partial charge on any atom is -0.267 e. The highest BCUT2D eigenvalue weighted by Crippen LogP contribution is 2.34. The molecule has 0 radical (unpaired) electrons. The topological polar surface area (TPSA) is 147 Å². The van der Waals surface area contributed by atoms with E-state index in [1.165, 1.54) is 59.5 Å². The second-order valence-corrected chi connectivity index (χ2v) is 18.1. The Labute approximate surface area is 362 Å². The van der Waals surface area contributed by atoms with E-state index < -0.39 is 25.7 Å². The third-order valence-corrected chi connectivity index (χ3v) is 12.3. The Balaban J connectivity index is 0.000000186. The molecule has 2 N–H and O–H groups in total. The number of sulfonamides is 1. The first-order chi connectivity index (χ1) is 29.7. The van der Waals surface area contributed by atoms with Crippen LogP contribution in [0.1, 0.15) is 11.1 Å². The fourth-order valence-corrected chi connectivity index (χ4v) is 8.14. The average molecular weight is 886 g/mol. The Morgan fingerprint density at radius 1 is 0.532 bits per heavy atom. The Morgan fingerprint density at radius 2 is 0.919 bits per heavy atom. The Bertz CT molecular complexity index is 2980. The number of hydrogen-bond acceptors (Lipinski definition) is 8. The SMILES string of the molecule is CS(=O)(=O)c1ccc(-c2cnn(Cc3ccccc3)c(=S)c2-c2ccc(F)cc2)cc1.NS(=O)(=O)c1ccc(-c2cnn(Cc3ccccc3)c(=O)c2-c2ccc(F)cc2)cc1. The van der Waals surface area contributed by atoms with Crippen LogP contribution in [0.5, 0.6) is 0 Å². The van der Waals surface area contributed by atoms with Gasteiger partial charge in [0.1, 0.15) is 16.3 Å². The predicted octanol–water partition coefficient (Wildman–Crippen LogP) is 8.95. The van der Waals surface area contributed by atoms with E-state index >= 15 is 0 Å². The normalized spacial score (nSPS) is 11.4. The molecule has 0 amide bonds. The van der Waals surface area contributed by atoms with Crippen LogP contribution < -0.4 is 10.7 Å². The Hall–Kier alpha value is -6.78. The molecule has 312 valence electrons. The van der Waals surface area contributed by atoms with Gasteiger partial charge in [0, 0.05) is 22.9 Å². The van der Waals surface area contributed by atoms with E-state index in [2.05, 4.69) is 10.2 Å². The number of nitrogens with two attached hydrogens (primary N) is 1. The third-order valence-electron chi connectivity index (χ3n) is 9.79. The molecule has 15 heteroatoms. The Kier molecular flexibility index (Phi) is 12.9. The number of hydrogen-bond donors (Lipinski definition) is 1. The summed E-state index contributed by atoms with van der Waals surface area (Å²) in [5.41, 5.74) is 6.61. The molecule has 0 saturated carbocycles. The van der Waals surface area contributed by atoms with Gasteiger partial charge in [-0.15, -0.1) is 0 Å². The van der Waals surface area contributed by atoms with Crippen LogP contribution in [0.3, 0.4) is 0 Å². The van der Waals surface area contributed by atoms with Gasteiger partial charge in [-0.3, -0.25) is 4.79 Å². The standard InChI is InChI=1S/C24H19FN2O2S2.C23H18FN3O3S/c1-31(28,29)21-13-9-18(10-14-21)22-15-26-27(16-17-5-3-2-4-6-17)24(30)23(22)19-7-11-20(25)12-8-19;24-19-10-6-18(7-11-19)22-21(17-8-12-20(13-9-17)31(25,29)30)14-26-27(23(22)28)15-16-4-2-1-3-5-16/h2-15H,16H2,1H3;1-14H,15H2,(H2,25,29,30). The van der Waals surface area contributed by atoms with Crippen LogP contribution in [0, 0.1) is 16.3 Å². The van der Waals surface area contributed by atoms with Crippen molar-refractivity contribution < 1.29 is 25.6 Å². The van der Waals surface area contributed by atoms with Crippen molar-refractivity contribution in [2.75, 3.05) is 6.26 Å². The van der Waals surface area contributed by atoms with E-state index in [9.17, 15) is 30.4 Å². The third kappa shape index (κ3) is 10.2. The summed E-state index contributed by atoms with van der Waals surface area (Å²) in [6.07, 6.45) is 4.44. The summed E-state index contributed by atoms with van der Waals surface area (Å²) in [5, 5.41) is 14.0. The first-order valence-electron chi connectivity index (χ1n) is 18.9. The van der Waals surface area contributed by atoms with Crippen LogP contribution in [0.2, 0.25) is 0 Å². The van der Waals surface area contributed by atoms with Crippen LogP contribution in [-0.4, -0.2) is 42.7 Å². The molecule has 2 heterocycles. The second-order valence-electron chi connectivity index (χ2n) is 14.1. The summed E-state index contributed by atoms with van der Waals surface area (Å²) >= 11 is 5.79. The summed E-state index contributed by atoms with van der Waals surface area (Å²) in [7, 11) is -7.14. The quantitative estimate of drug-likeness (QED) is 0.134. The molecule has 8 rings (SSSR count).